The van der Waals surface area contributed by atoms with Crippen molar-refractivity contribution in [3.63, 3.8) is 0 Å². The molecule has 0 radical (unpaired) electrons. The number of hydrazine groups is 1. The minimum Gasteiger partial charge on any atom is -0.469 e. The molecule has 2 aromatic rings. The van der Waals surface area contributed by atoms with Gasteiger partial charge in [0.1, 0.15) is 5.69 Å². The smallest absolute Gasteiger partial charge is 0.306 e. The van der Waals surface area contributed by atoms with Gasteiger partial charge in [-0.3, -0.25) is 30.2 Å². The van der Waals surface area contributed by atoms with E-state index in [1.807, 2.05) is 24.3 Å². The maximum absolute atomic E-state index is 11.9. The molecule has 0 unspecified atom stereocenters. The molecule has 0 aliphatic heterocycles. The number of benzene rings is 1. The Kier molecular flexibility index (Phi) is 5.02. The zero-order valence-corrected chi connectivity index (χ0v) is 12.0. The number of hydrogen-bond acceptors (Lipinski definition) is 5. The maximum Gasteiger partial charge on any atom is 0.306 e. The Balaban J connectivity index is 1.91. The Hall–Kier alpha value is -2.96. The Bertz CT molecular complexity index is 715. The standard InChI is InChI=1S/C15H15N3O4/c1-22-14(20)7-6-13(19)17-18-15(21)12-8-10-4-2-3-5-11(10)9-16-12/h2-5,8-9H,6-7H2,1H3,(H,17,19)(H,18,21). The Morgan fingerprint density at radius 1 is 1.09 bits per heavy atom. The van der Waals surface area contributed by atoms with Crippen molar-refractivity contribution in [1.29, 1.82) is 0 Å². The Morgan fingerprint density at radius 2 is 1.82 bits per heavy atom. The zero-order chi connectivity index (χ0) is 15.9. The van der Waals surface area contributed by atoms with Gasteiger partial charge in [-0.2, -0.15) is 0 Å². The van der Waals surface area contributed by atoms with Gasteiger partial charge < -0.3 is 4.74 Å². The lowest BCUT2D eigenvalue weighted by Crippen LogP contribution is -2.42. The normalized spacial score (nSPS) is 10.0. The van der Waals surface area contributed by atoms with Crippen molar-refractivity contribution in [3.8, 4) is 0 Å². The number of carbonyl (C=O) groups excluding carboxylic acids is 3. The van der Waals surface area contributed by atoms with Gasteiger partial charge in [-0.1, -0.05) is 24.3 Å². The second kappa shape index (κ2) is 7.16. The molecule has 0 spiro atoms. The number of nitrogens with one attached hydrogen (secondary N) is 2. The van der Waals surface area contributed by atoms with Crippen molar-refractivity contribution in [3.05, 3.63) is 42.2 Å². The summed E-state index contributed by atoms with van der Waals surface area (Å²) in [5, 5.41) is 1.79. The van der Waals surface area contributed by atoms with E-state index in [1.54, 1.807) is 12.3 Å². The third kappa shape index (κ3) is 4.02. The second-order valence-corrected chi connectivity index (χ2v) is 4.50. The summed E-state index contributed by atoms with van der Waals surface area (Å²) in [6, 6.07) is 9.12. The third-order valence-electron chi connectivity index (χ3n) is 2.96. The van der Waals surface area contributed by atoms with E-state index >= 15 is 0 Å². The lowest BCUT2D eigenvalue weighted by atomic mass is 10.1. The first kappa shape index (κ1) is 15.4. The number of amides is 2. The van der Waals surface area contributed by atoms with Crippen LogP contribution in [0.4, 0.5) is 0 Å². The molecule has 1 aromatic heterocycles. The fourth-order valence-corrected chi connectivity index (χ4v) is 1.78. The van der Waals surface area contributed by atoms with Crippen LogP contribution in [0, 0.1) is 0 Å². The number of ether oxygens (including phenoxy) is 1. The number of hydrogen-bond donors (Lipinski definition) is 2. The first-order chi connectivity index (χ1) is 10.6. The number of rotatable bonds is 4. The van der Waals surface area contributed by atoms with E-state index < -0.39 is 17.8 Å². The Morgan fingerprint density at radius 3 is 2.55 bits per heavy atom. The van der Waals surface area contributed by atoms with E-state index in [2.05, 4.69) is 20.6 Å². The van der Waals surface area contributed by atoms with Crippen molar-refractivity contribution in [2.75, 3.05) is 7.11 Å². The number of nitrogens with zero attached hydrogens (tertiary/aromatic N) is 1. The van der Waals surface area contributed by atoms with Gasteiger partial charge in [0.05, 0.1) is 13.5 Å². The highest BCUT2D eigenvalue weighted by Crippen LogP contribution is 2.13. The van der Waals surface area contributed by atoms with Crippen molar-refractivity contribution < 1.29 is 19.1 Å². The molecule has 0 aliphatic rings. The van der Waals surface area contributed by atoms with Crippen molar-refractivity contribution >= 4 is 28.6 Å². The number of fused-ring (bicyclic) bond motifs is 1. The molecule has 0 saturated heterocycles. The molecule has 7 heteroatoms. The van der Waals surface area contributed by atoms with E-state index in [-0.39, 0.29) is 18.5 Å². The average molecular weight is 301 g/mol. The van der Waals surface area contributed by atoms with Gasteiger partial charge in [0, 0.05) is 18.0 Å². The van der Waals surface area contributed by atoms with E-state index in [0.29, 0.717) is 0 Å². The number of esters is 1. The summed E-state index contributed by atoms with van der Waals surface area (Å²) in [6.07, 6.45) is 1.47. The summed E-state index contributed by atoms with van der Waals surface area (Å²) in [5.74, 6) is -1.51. The van der Waals surface area contributed by atoms with Gasteiger partial charge >= 0.3 is 5.97 Å². The van der Waals surface area contributed by atoms with E-state index in [4.69, 9.17) is 0 Å². The van der Waals surface area contributed by atoms with E-state index in [9.17, 15) is 14.4 Å². The van der Waals surface area contributed by atoms with Crippen LogP contribution in [0.15, 0.2) is 36.5 Å². The van der Waals surface area contributed by atoms with Gasteiger partial charge in [0.2, 0.25) is 5.91 Å². The molecule has 0 atom stereocenters. The molecule has 1 aromatic carbocycles. The molecule has 1 heterocycles. The minimum absolute atomic E-state index is 0.0492. The second-order valence-electron chi connectivity index (χ2n) is 4.50. The highest BCUT2D eigenvalue weighted by molar-refractivity contribution is 5.97. The minimum atomic E-state index is -0.530. The van der Waals surface area contributed by atoms with Crippen LogP contribution in [0.5, 0.6) is 0 Å². The summed E-state index contributed by atoms with van der Waals surface area (Å²) >= 11 is 0. The maximum atomic E-state index is 11.9. The average Bonchev–Trinajstić information content (AvgIpc) is 2.56. The molecule has 0 aliphatic carbocycles. The van der Waals surface area contributed by atoms with Crippen LogP contribution in [-0.2, 0) is 14.3 Å². The number of pyridine rings is 1. The first-order valence-electron chi connectivity index (χ1n) is 6.61. The summed E-state index contributed by atoms with van der Waals surface area (Å²) in [5.41, 5.74) is 4.66. The van der Waals surface area contributed by atoms with Gasteiger partial charge in [0.25, 0.3) is 5.91 Å². The number of methoxy groups -OCH3 is 1. The van der Waals surface area contributed by atoms with Crippen LogP contribution in [0.3, 0.4) is 0 Å². The molecule has 22 heavy (non-hydrogen) atoms. The monoisotopic (exact) mass is 301 g/mol. The lowest BCUT2D eigenvalue weighted by Gasteiger charge is -2.07. The summed E-state index contributed by atoms with van der Waals surface area (Å²) < 4.78 is 4.42. The molecule has 0 bridgehead atoms. The fourth-order valence-electron chi connectivity index (χ4n) is 1.78. The van der Waals surface area contributed by atoms with Crippen LogP contribution < -0.4 is 10.9 Å². The zero-order valence-electron chi connectivity index (χ0n) is 12.0. The van der Waals surface area contributed by atoms with Crippen LogP contribution >= 0.6 is 0 Å². The topological polar surface area (TPSA) is 97.4 Å². The first-order valence-corrected chi connectivity index (χ1v) is 6.61. The third-order valence-corrected chi connectivity index (χ3v) is 2.96. The highest BCUT2D eigenvalue weighted by atomic mass is 16.5. The van der Waals surface area contributed by atoms with Crippen LogP contribution in [0.2, 0.25) is 0 Å². The predicted molar refractivity (Wildman–Crippen MR) is 78.6 cm³/mol. The van der Waals surface area contributed by atoms with Gasteiger partial charge in [0.15, 0.2) is 0 Å². The quantitative estimate of drug-likeness (QED) is 0.647. The molecule has 2 rings (SSSR count). The largest absolute Gasteiger partial charge is 0.469 e. The summed E-state index contributed by atoms with van der Waals surface area (Å²) in [6.45, 7) is 0. The van der Waals surface area contributed by atoms with Crippen LogP contribution in [-0.4, -0.2) is 29.9 Å². The van der Waals surface area contributed by atoms with Crippen molar-refractivity contribution in [2.24, 2.45) is 0 Å². The van der Waals surface area contributed by atoms with E-state index in [0.717, 1.165) is 10.8 Å². The molecule has 0 fully saturated rings. The molecule has 7 nitrogen and oxygen atoms in total. The highest BCUT2D eigenvalue weighted by Gasteiger charge is 2.10. The Labute approximate surface area is 126 Å². The predicted octanol–water partition coefficient (Wildman–Crippen LogP) is 0.949. The van der Waals surface area contributed by atoms with Gasteiger partial charge in [-0.25, -0.2) is 0 Å². The number of carbonyl (C=O) groups is 3. The SMILES string of the molecule is COC(=O)CCC(=O)NNC(=O)c1cc2ccccc2cn1. The molecular weight excluding hydrogens is 286 g/mol. The number of aromatic nitrogens is 1. The van der Waals surface area contributed by atoms with Crippen molar-refractivity contribution in [2.45, 2.75) is 12.8 Å². The van der Waals surface area contributed by atoms with Crippen LogP contribution in [0.1, 0.15) is 23.3 Å². The molecule has 0 saturated carbocycles. The van der Waals surface area contributed by atoms with Gasteiger partial charge in [-0.15, -0.1) is 0 Å². The van der Waals surface area contributed by atoms with Crippen LogP contribution in [0.25, 0.3) is 10.8 Å². The summed E-state index contributed by atoms with van der Waals surface area (Å²) in [4.78, 5) is 38.3. The van der Waals surface area contributed by atoms with Gasteiger partial charge in [-0.05, 0) is 11.5 Å². The summed E-state index contributed by atoms with van der Waals surface area (Å²) in [7, 11) is 1.24. The molecular formula is C15H15N3O4. The molecule has 2 N–H and O–H groups in total. The lowest BCUT2D eigenvalue weighted by molar-refractivity contribution is -0.142. The van der Waals surface area contributed by atoms with Crippen molar-refractivity contribution in [1.82, 2.24) is 15.8 Å². The van der Waals surface area contributed by atoms with E-state index in [1.165, 1.54) is 7.11 Å². The molecule has 2 amide bonds. The fraction of sp³-hybridized carbons (Fsp3) is 0.200. The molecule has 114 valence electrons.